The minimum Gasteiger partial charge on any atom is -0.497 e. The van der Waals surface area contributed by atoms with E-state index in [9.17, 15) is 9.59 Å². The number of rotatable bonds is 6. The Kier molecular flexibility index (Phi) is 6.89. The van der Waals surface area contributed by atoms with Gasteiger partial charge in [0.25, 0.3) is 0 Å². The molecule has 1 amide bonds. The van der Waals surface area contributed by atoms with Gasteiger partial charge in [0.1, 0.15) is 5.75 Å². The molecule has 1 N–H and O–H groups in total. The number of hydrogen-bond donors (Lipinski definition) is 1. The lowest BCUT2D eigenvalue weighted by molar-refractivity contribution is -0.133. The van der Waals surface area contributed by atoms with E-state index in [2.05, 4.69) is 12.2 Å². The number of piperidine rings is 2. The largest absolute Gasteiger partial charge is 0.497 e. The van der Waals surface area contributed by atoms with Crippen molar-refractivity contribution in [1.29, 1.82) is 0 Å². The molecule has 148 valence electrons. The Hall–Kier alpha value is -1.88. The van der Waals surface area contributed by atoms with Gasteiger partial charge in [-0.05, 0) is 74.9 Å². The first-order valence-electron chi connectivity index (χ1n) is 10.2. The SMILES string of the molecule is COc1ccc(C(=O)C2CCN(C(=O)CC(C)C3CCNCC3)CC2)cc1. The fraction of sp³-hybridized carbons (Fsp3) is 0.636. The van der Waals surface area contributed by atoms with E-state index >= 15 is 0 Å². The summed E-state index contributed by atoms with van der Waals surface area (Å²) in [5.74, 6) is 2.32. The van der Waals surface area contributed by atoms with Crippen molar-refractivity contribution in [3.63, 3.8) is 0 Å². The number of hydrogen-bond acceptors (Lipinski definition) is 4. The number of ether oxygens (including phenoxy) is 1. The Balaban J connectivity index is 1.47. The quantitative estimate of drug-likeness (QED) is 0.780. The van der Waals surface area contributed by atoms with Crippen LogP contribution >= 0.6 is 0 Å². The monoisotopic (exact) mass is 372 g/mol. The number of carbonyl (C=O) groups excluding carboxylic acids is 2. The third-order valence-corrected chi connectivity index (χ3v) is 6.28. The van der Waals surface area contributed by atoms with Crippen molar-refractivity contribution in [3.05, 3.63) is 29.8 Å². The normalized spacial score (nSPS) is 20.3. The van der Waals surface area contributed by atoms with Gasteiger partial charge in [-0.15, -0.1) is 0 Å². The maximum atomic E-state index is 12.7. The smallest absolute Gasteiger partial charge is 0.222 e. The van der Waals surface area contributed by atoms with E-state index in [-0.39, 0.29) is 17.6 Å². The molecule has 0 radical (unpaired) electrons. The van der Waals surface area contributed by atoms with Crippen LogP contribution in [-0.2, 0) is 4.79 Å². The summed E-state index contributed by atoms with van der Waals surface area (Å²) in [5, 5.41) is 3.39. The van der Waals surface area contributed by atoms with E-state index in [0.29, 0.717) is 31.3 Å². The lowest BCUT2D eigenvalue weighted by Gasteiger charge is -2.34. The second-order valence-electron chi connectivity index (χ2n) is 8.02. The lowest BCUT2D eigenvalue weighted by Crippen LogP contribution is -2.41. The molecule has 5 nitrogen and oxygen atoms in total. The molecule has 0 saturated carbocycles. The van der Waals surface area contributed by atoms with Crippen LogP contribution in [0.3, 0.4) is 0 Å². The van der Waals surface area contributed by atoms with Crippen LogP contribution in [0.4, 0.5) is 0 Å². The van der Waals surface area contributed by atoms with Gasteiger partial charge in [-0.25, -0.2) is 0 Å². The number of Topliss-reactive ketones (excluding diaryl/α,β-unsaturated/α-hetero) is 1. The lowest BCUT2D eigenvalue weighted by atomic mass is 9.83. The highest BCUT2D eigenvalue weighted by molar-refractivity contribution is 5.98. The highest BCUT2D eigenvalue weighted by Gasteiger charge is 2.30. The fourth-order valence-electron chi connectivity index (χ4n) is 4.37. The maximum absolute atomic E-state index is 12.7. The molecule has 1 unspecified atom stereocenters. The molecular weight excluding hydrogens is 340 g/mol. The van der Waals surface area contributed by atoms with Crippen LogP contribution in [0.2, 0.25) is 0 Å². The Morgan fingerprint density at radius 2 is 1.74 bits per heavy atom. The highest BCUT2D eigenvalue weighted by atomic mass is 16.5. The zero-order valence-corrected chi connectivity index (χ0v) is 16.6. The summed E-state index contributed by atoms with van der Waals surface area (Å²) in [6.07, 6.45) is 4.51. The van der Waals surface area contributed by atoms with Crippen LogP contribution < -0.4 is 10.1 Å². The van der Waals surface area contributed by atoms with E-state index in [1.54, 1.807) is 7.11 Å². The van der Waals surface area contributed by atoms with Gasteiger partial charge in [0.2, 0.25) is 5.91 Å². The van der Waals surface area contributed by atoms with Crippen molar-refractivity contribution >= 4 is 11.7 Å². The predicted molar refractivity (Wildman–Crippen MR) is 106 cm³/mol. The molecule has 2 saturated heterocycles. The predicted octanol–water partition coefficient (Wildman–Crippen LogP) is 3.14. The summed E-state index contributed by atoms with van der Waals surface area (Å²) in [4.78, 5) is 27.4. The molecule has 2 aliphatic rings. The molecule has 1 aromatic rings. The van der Waals surface area contributed by atoms with Crippen LogP contribution in [-0.4, -0.2) is 49.9 Å². The summed E-state index contributed by atoms with van der Waals surface area (Å²) in [5.41, 5.74) is 0.736. The second kappa shape index (κ2) is 9.36. The zero-order valence-electron chi connectivity index (χ0n) is 16.6. The van der Waals surface area contributed by atoms with E-state index < -0.39 is 0 Å². The number of amides is 1. The average Bonchev–Trinajstić information content (AvgIpc) is 2.74. The van der Waals surface area contributed by atoms with Gasteiger partial charge in [0.05, 0.1) is 7.11 Å². The molecule has 2 fully saturated rings. The third kappa shape index (κ3) is 5.10. The van der Waals surface area contributed by atoms with Crippen LogP contribution in [0.15, 0.2) is 24.3 Å². The molecule has 3 rings (SSSR count). The van der Waals surface area contributed by atoms with Crippen LogP contribution in [0.5, 0.6) is 5.75 Å². The molecule has 1 aromatic carbocycles. The molecule has 0 bridgehead atoms. The Morgan fingerprint density at radius 3 is 2.33 bits per heavy atom. The van der Waals surface area contributed by atoms with Gasteiger partial charge in [-0.2, -0.15) is 0 Å². The molecule has 0 spiro atoms. The minimum atomic E-state index is 0.0179. The van der Waals surface area contributed by atoms with Crippen molar-refractivity contribution in [1.82, 2.24) is 10.2 Å². The van der Waals surface area contributed by atoms with E-state index in [1.165, 1.54) is 12.8 Å². The highest BCUT2D eigenvalue weighted by Crippen LogP contribution is 2.27. The summed E-state index contributed by atoms with van der Waals surface area (Å²) >= 11 is 0. The molecule has 2 heterocycles. The third-order valence-electron chi connectivity index (χ3n) is 6.28. The summed E-state index contributed by atoms with van der Waals surface area (Å²) < 4.78 is 5.15. The van der Waals surface area contributed by atoms with Gasteiger partial charge in [0.15, 0.2) is 5.78 Å². The molecule has 0 aromatic heterocycles. The minimum absolute atomic E-state index is 0.0179. The number of nitrogens with zero attached hydrogens (tertiary/aromatic N) is 1. The van der Waals surface area contributed by atoms with Crippen molar-refractivity contribution in [2.24, 2.45) is 17.8 Å². The first kappa shape index (κ1) is 19.9. The Bertz CT molecular complexity index is 629. The van der Waals surface area contributed by atoms with Gasteiger partial charge in [0, 0.05) is 31.0 Å². The van der Waals surface area contributed by atoms with Gasteiger partial charge >= 0.3 is 0 Å². The second-order valence-corrected chi connectivity index (χ2v) is 8.02. The number of ketones is 1. The van der Waals surface area contributed by atoms with Crippen LogP contribution in [0.1, 0.15) is 49.4 Å². The van der Waals surface area contributed by atoms with Crippen molar-refractivity contribution in [2.45, 2.75) is 39.0 Å². The van der Waals surface area contributed by atoms with E-state index in [1.807, 2.05) is 29.2 Å². The topological polar surface area (TPSA) is 58.6 Å². The van der Waals surface area contributed by atoms with Crippen LogP contribution in [0.25, 0.3) is 0 Å². The summed E-state index contributed by atoms with van der Waals surface area (Å²) in [6.45, 7) is 5.76. The van der Waals surface area contributed by atoms with Gasteiger partial charge in [-0.3, -0.25) is 9.59 Å². The number of nitrogens with one attached hydrogen (secondary N) is 1. The number of methoxy groups -OCH3 is 1. The van der Waals surface area contributed by atoms with Gasteiger partial charge in [-0.1, -0.05) is 6.92 Å². The van der Waals surface area contributed by atoms with Crippen molar-refractivity contribution < 1.29 is 14.3 Å². The Labute approximate surface area is 162 Å². The molecule has 5 heteroatoms. The Morgan fingerprint density at radius 1 is 1.11 bits per heavy atom. The molecular formula is C22H32N2O3. The molecule has 1 atom stereocenters. The molecule has 27 heavy (non-hydrogen) atoms. The summed E-state index contributed by atoms with van der Waals surface area (Å²) in [6, 6.07) is 7.32. The average molecular weight is 373 g/mol. The van der Waals surface area contributed by atoms with E-state index in [4.69, 9.17) is 4.74 Å². The number of carbonyl (C=O) groups is 2. The van der Waals surface area contributed by atoms with Crippen molar-refractivity contribution in [2.75, 3.05) is 33.3 Å². The fourth-order valence-corrected chi connectivity index (χ4v) is 4.37. The maximum Gasteiger partial charge on any atom is 0.222 e. The molecule has 2 aliphatic heterocycles. The first-order chi connectivity index (χ1) is 13.1. The standard InChI is InChI=1S/C22H32N2O3/c1-16(17-7-11-23-12-8-17)15-21(25)24-13-9-19(10-14-24)22(26)18-3-5-20(27-2)6-4-18/h3-6,16-17,19,23H,7-15H2,1-2H3. The van der Waals surface area contributed by atoms with E-state index in [0.717, 1.165) is 37.2 Å². The first-order valence-corrected chi connectivity index (χ1v) is 10.2. The molecule has 0 aliphatic carbocycles. The number of benzene rings is 1. The number of likely N-dealkylation sites (tertiary alicyclic amines) is 1. The van der Waals surface area contributed by atoms with Gasteiger partial charge < -0.3 is 15.0 Å². The van der Waals surface area contributed by atoms with Crippen LogP contribution in [0, 0.1) is 17.8 Å². The zero-order chi connectivity index (χ0) is 19.2. The summed E-state index contributed by atoms with van der Waals surface area (Å²) in [7, 11) is 1.62. The van der Waals surface area contributed by atoms with Crippen molar-refractivity contribution in [3.8, 4) is 5.75 Å².